The average molecular weight is 288 g/mol. The Morgan fingerprint density at radius 2 is 1.95 bits per heavy atom. The van der Waals surface area contributed by atoms with Gasteiger partial charge >= 0.3 is 0 Å². The predicted molar refractivity (Wildman–Crippen MR) is 70.2 cm³/mol. The van der Waals surface area contributed by atoms with Crippen molar-refractivity contribution >= 4 is 21.7 Å². The van der Waals surface area contributed by atoms with Crippen LogP contribution in [0.15, 0.2) is 0 Å². The van der Waals surface area contributed by atoms with E-state index in [1.165, 1.54) is 6.92 Å². The third-order valence-electron chi connectivity index (χ3n) is 3.65. The van der Waals surface area contributed by atoms with Crippen molar-refractivity contribution in [2.24, 2.45) is 5.92 Å². The van der Waals surface area contributed by atoms with Gasteiger partial charge in [-0.15, -0.1) is 0 Å². The zero-order chi connectivity index (χ0) is 14.0. The van der Waals surface area contributed by atoms with Crippen LogP contribution in [0.25, 0.3) is 0 Å². The molecule has 108 valence electrons. The lowest BCUT2D eigenvalue weighted by Crippen LogP contribution is -2.44. The lowest BCUT2D eigenvalue weighted by molar-refractivity contribution is -0.131. The van der Waals surface area contributed by atoms with Crippen LogP contribution < -0.4 is 5.32 Å². The number of carbonyl (C=O) groups excluding carboxylic acids is 2. The average Bonchev–Trinajstić information content (AvgIpc) is 3.09. The Kier molecular flexibility index (Phi) is 4.13. The van der Waals surface area contributed by atoms with Gasteiger partial charge in [0.25, 0.3) is 0 Å². The summed E-state index contributed by atoms with van der Waals surface area (Å²) >= 11 is 0. The number of sulfone groups is 1. The summed E-state index contributed by atoms with van der Waals surface area (Å²) in [6, 6.07) is -0.236. The predicted octanol–water partition coefficient (Wildman–Crippen LogP) is -0.452. The molecular formula is C12H20N2O4S. The van der Waals surface area contributed by atoms with Crippen molar-refractivity contribution in [3.8, 4) is 0 Å². The van der Waals surface area contributed by atoms with E-state index in [-0.39, 0.29) is 35.3 Å². The van der Waals surface area contributed by atoms with Crippen molar-refractivity contribution in [3.63, 3.8) is 0 Å². The maximum atomic E-state index is 11.6. The largest absolute Gasteiger partial charge is 0.354 e. The van der Waals surface area contributed by atoms with Crippen LogP contribution in [0.4, 0.5) is 0 Å². The number of hydrogen-bond acceptors (Lipinski definition) is 4. The molecule has 7 heteroatoms. The molecule has 2 fully saturated rings. The van der Waals surface area contributed by atoms with Crippen LogP contribution in [0.2, 0.25) is 0 Å². The lowest BCUT2D eigenvalue weighted by Gasteiger charge is -2.27. The van der Waals surface area contributed by atoms with Crippen LogP contribution in [0.3, 0.4) is 0 Å². The van der Waals surface area contributed by atoms with E-state index in [0.717, 1.165) is 12.8 Å². The quantitative estimate of drug-likeness (QED) is 0.742. The van der Waals surface area contributed by atoms with E-state index in [2.05, 4.69) is 5.32 Å². The first-order chi connectivity index (χ1) is 8.89. The Bertz CT molecular complexity index is 470. The summed E-state index contributed by atoms with van der Waals surface area (Å²) in [5.41, 5.74) is 0. The monoisotopic (exact) mass is 288 g/mol. The van der Waals surface area contributed by atoms with E-state index in [4.69, 9.17) is 0 Å². The van der Waals surface area contributed by atoms with Crippen molar-refractivity contribution in [3.05, 3.63) is 0 Å². The summed E-state index contributed by atoms with van der Waals surface area (Å²) in [6.07, 6.45) is 2.39. The van der Waals surface area contributed by atoms with Gasteiger partial charge in [-0.1, -0.05) is 0 Å². The summed E-state index contributed by atoms with van der Waals surface area (Å²) in [7, 11) is -3.00. The maximum Gasteiger partial charge on any atom is 0.223 e. The molecule has 2 aliphatic rings. The highest BCUT2D eigenvalue weighted by atomic mass is 32.2. The van der Waals surface area contributed by atoms with Gasteiger partial charge in [0.15, 0.2) is 9.84 Å². The van der Waals surface area contributed by atoms with Gasteiger partial charge in [0, 0.05) is 32.0 Å². The van der Waals surface area contributed by atoms with Crippen LogP contribution in [0.1, 0.15) is 26.2 Å². The first-order valence-electron chi connectivity index (χ1n) is 6.64. The van der Waals surface area contributed by atoms with E-state index < -0.39 is 9.84 Å². The van der Waals surface area contributed by atoms with Crippen molar-refractivity contribution in [2.75, 3.05) is 24.6 Å². The molecule has 2 rings (SSSR count). The Morgan fingerprint density at radius 1 is 1.26 bits per heavy atom. The minimum atomic E-state index is -3.00. The topological polar surface area (TPSA) is 83.6 Å². The molecule has 0 spiro atoms. The number of nitrogens with zero attached hydrogens (tertiary/aromatic N) is 1. The van der Waals surface area contributed by atoms with Crippen LogP contribution in [-0.2, 0) is 19.4 Å². The molecule has 1 saturated heterocycles. The third kappa shape index (κ3) is 3.92. The van der Waals surface area contributed by atoms with Gasteiger partial charge in [-0.3, -0.25) is 9.59 Å². The first kappa shape index (κ1) is 14.3. The summed E-state index contributed by atoms with van der Waals surface area (Å²) in [6.45, 7) is 2.22. The number of rotatable bonds is 5. The zero-order valence-electron chi connectivity index (χ0n) is 11.1. The highest BCUT2D eigenvalue weighted by molar-refractivity contribution is 7.91. The second-order valence-electron chi connectivity index (χ2n) is 5.33. The summed E-state index contributed by atoms with van der Waals surface area (Å²) in [5, 5.41) is 2.79. The molecule has 0 aromatic carbocycles. The number of nitrogens with one attached hydrogen (secondary N) is 1. The van der Waals surface area contributed by atoms with Gasteiger partial charge in [-0.25, -0.2) is 8.42 Å². The zero-order valence-corrected chi connectivity index (χ0v) is 11.9. The number of hydrogen-bond donors (Lipinski definition) is 1. The van der Waals surface area contributed by atoms with Gasteiger partial charge in [-0.2, -0.15) is 0 Å². The summed E-state index contributed by atoms with van der Waals surface area (Å²) in [4.78, 5) is 24.6. The van der Waals surface area contributed by atoms with Crippen molar-refractivity contribution < 1.29 is 18.0 Å². The Balaban J connectivity index is 1.82. The van der Waals surface area contributed by atoms with E-state index >= 15 is 0 Å². The highest BCUT2D eigenvalue weighted by Crippen LogP contribution is 2.28. The van der Waals surface area contributed by atoms with Crippen molar-refractivity contribution in [1.82, 2.24) is 10.2 Å². The Hall–Kier alpha value is -1.11. The second kappa shape index (κ2) is 5.48. The molecule has 1 aliphatic carbocycles. The first-order valence-corrected chi connectivity index (χ1v) is 8.46. The SMILES string of the molecule is CC(=O)N(CCNC(=O)C1CC1)C1CCS(=O)(=O)C1. The lowest BCUT2D eigenvalue weighted by atomic mass is 10.2. The minimum absolute atomic E-state index is 0.0440. The molecule has 1 unspecified atom stereocenters. The number of amides is 2. The van der Waals surface area contributed by atoms with Gasteiger partial charge < -0.3 is 10.2 Å². The van der Waals surface area contributed by atoms with Gasteiger partial charge in [-0.05, 0) is 19.3 Å². The molecule has 0 radical (unpaired) electrons. The van der Waals surface area contributed by atoms with E-state index in [0.29, 0.717) is 19.5 Å². The highest BCUT2D eigenvalue weighted by Gasteiger charge is 2.34. The molecule has 1 saturated carbocycles. The molecular weight excluding hydrogens is 268 g/mol. The molecule has 19 heavy (non-hydrogen) atoms. The van der Waals surface area contributed by atoms with Crippen molar-refractivity contribution in [2.45, 2.75) is 32.2 Å². The molecule has 2 amide bonds. The van der Waals surface area contributed by atoms with Crippen molar-refractivity contribution in [1.29, 1.82) is 0 Å². The second-order valence-corrected chi connectivity index (χ2v) is 7.56. The molecule has 6 nitrogen and oxygen atoms in total. The normalized spacial score (nSPS) is 25.0. The standard InChI is InChI=1S/C12H20N2O4S/c1-9(15)14(11-4-7-19(17,18)8-11)6-5-13-12(16)10-2-3-10/h10-11H,2-8H2,1H3,(H,13,16). The molecule has 0 aromatic rings. The smallest absolute Gasteiger partial charge is 0.223 e. The van der Waals surface area contributed by atoms with E-state index in [1.807, 2.05) is 0 Å². The molecule has 1 atom stereocenters. The van der Waals surface area contributed by atoms with E-state index in [9.17, 15) is 18.0 Å². The summed E-state index contributed by atoms with van der Waals surface area (Å²) < 4.78 is 22.9. The van der Waals surface area contributed by atoms with Gasteiger partial charge in [0.2, 0.25) is 11.8 Å². The maximum absolute atomic E-state index is 11.6. The molecule has 1 N–H and O–H groups in total. The fourth-order valence-corrected chi connectivity index (χ4v) is 4.14. The molecule has 1 aliphatic heterocycles. The van der Waals surface area contributed by atoms with Crippen LogP contribution in [0, 0.1) is 5.92 Å². The van der Waals surface area contributed by atoms with Crippen LogP contribution in [0.5, 0.6) is 0 Å². The molecule has 0 bridgehead atoms. The number of carbonyl (C=O) groups is 2. The van der Waals surface area contributed by atoms with Gasteiger partial charge in [0.05, 0.1) is 11.5 Å². The van der Waals surface area contributed by atoms with Crippen LogP contribution in [-0.4, -0.2) is 55.8 Å². The summed E-state index contributed by atoms with van der Waals surface area (Å²) in [5.74, 6) is 0.252. The minimum Gasteiger partial charge on any atom is -0.354 e. The third-order valence-corrected chi connectivity index (χ3v) is 5.40. The molecule has 1 heterocycles. The van der Waals surface area contributed by atoms with Crippen LogP contribution >= 0.6 is 0 Å². The fourth-order valence-electron chi connectivity index (χ4n) is 2.41. The Labute approximate surface area is 113 Å². The Morgan fingerprint density at radius 3 is 2.42 bits per heavy atom. The van der Waals surface area contributed by atoms with E-state index in [1.54, 1.807) is 4.90 Å². The fraction of sp³-hybridized carbons (Fsp3) is 0.833. The van der Waals surface area contributed by atoms with Gasteiger partial charge in [0.1, 0.15) is 0 Å². The molecule has 0 aromatic heterocycles.